The lowest BCUT2D eigenvalue weighted by atomic mass is 9.93. The zero-order chi connectivity index (χ0) is 28.4. The normalized spacial score (nSPS) is 13.7. The van der Waals surface area contributed by atoms with E-state index in [4.69, 9.17) is 13.6 Å². The molecule has 4 aromatic rings. The Morgan fingerprint density at radius 1 is 0.950 bits per heavy atom. The van der Waals surface area contributed by atoms with Gasteiger partial charge in [-0.3, -0.25) is 25.2 Å². The average molecular weight is 543 g/mol. The van der Waals surface area contributed by atoms with Crippen LogP contribution in [0.15, 0.2) is 56.6 Å². The van der Waals surface area contributed by atoms with E-state index in [-0.39, 0.29) is 18.1 Å². The molecule has 0 saturated carbocycles. The van der Waals surface area contributed by atoms with Crippen LogP contribution in [0.25, 0.3) is 11.0 Å². The lowest BCUT2D eigenvalue weighted by Gasteiger charge is -2.13. The summed E-state index contributed by atoms with van der Waals surface area (Å²) in [7, 11) is 1.54. The molecule has 0 spiro atoms. The number of fused-ring (bicyclic) bond motifs is 2. The molecule has 1 aliphatic carbocycles. The number of nitrogens with one attached hydrogen (secondary N) is 3. The number of benzene rings is 2. The van der Waals surface area contributed by atoms with E-state index in [1.54, 1.807) is 37.5 Å². The molecule has 0 radical (unpaired) electrons. The van der Waals surface area contributed by atoms with Gasteiger partial charge >= 0.3 is 5.91 Å². The zero-order valence-electron chi connectivity index (χ0n) is 22.8. The van der Waals surface area contributed by atoms with Crippen LogP contribution in [0.3, 0.4) is 0 Å². The van der Waals surface area contributed by atoms with Crippen LogP contribution in [0, 0.1) is 20.8 Å². The van der Waals surface area contributed by atoms with Gasteiger partial charge in [0, 0.05) is 34.1 Å². The number of nitrogens with zero attached hydrogens (tertiary/aromatic N) is 1. The number of hydrazone groups is 1. The molecular formula is C30H30N4O6. The lowest BCUT2D eigenvalue weighted by molar-refractivity contribution is -0.120. The second kappa shape index (κ2) is 11.1. The van der Waals surface area contributed by atoms with E-state index < -0.39 is 11.8 Å². The maximum Gasteiger partial charge on any atom is 0.305 e. The molecule has 0 atom stereocenters. The van der Waals surface area contributed by atoms with Crippen molar-refractivity contribution in [2.24, 2.45) is 5.10 Å². The van der Waals surface area contributed by atoms with Crippen molar-refractivity contribution in [3.63, 3.8) is 0 Å². The van der Waals surface area contributed by atoms with Gasteiger partial charge in [-0.25, -0.2) is 5.43 Å². The first kappa shape index (κ1) is 26.7. The smallest absolute Gasteiger partial charge is 0.305 e. The highest BCUT2D eigenvalue weighted by Gasteiger charge is 2.28. The third-order valence-corrected chi connectivity index (χ3v) is 7.18. The van der Waals surface area contributed by atoms with Crippen molar-refractivity contribution >= 4 is 34.4 Å². The summed E-state index contributed by atoms with van der Waals surface area (Å²) >= 11 is 0. The minimum absolute atomic E-state index is 0.0801. The number of hydrogen-bond acceptors (Lipinski definition) is 7. The van der Waals surface area contributed by atoms with Gasteiger partial charge in [-0.15, -0.1) is 0 Å². The number of methoxy groups -OCH3 is 1. The van der Waals surface area contributed by atoms with Gasteiger partial charge < -0.3 is 13.6 Å². The Balaban J connectivity index is 1.26. The summed E-state index contributed by atoms with van der Waals surface area (Å²) in [5.41, 5.74) is 13.5. The fraction of sp³-hybridized carbons (Fsp3) is 0.267. The van der Waals surface area contributed by atoms with E-state index in [1.165, 1.54) is 7.11 Å². The Bertz CT molecular complexity index is 1640. The van der Waals surface area contributed by atoms with Gasteiger partial charge in [-0.05, 0) is 69.0 Å². The molecule has 0 aliphatic heterocycles. The second-order valence-corrected chi connectivity index (χ2v) is 9.76. The Morgan fingerprint density at radius 2 is 1.70 bits per heavy atom. The fourth-order valence-electron chi connectivity index (χ4n) is 4.85. The van der Waals surface area contributed by atoms with Gasteiger partial charge in [0.1, 0.15) is 17.1 Å². The molecule has 2 heterocycles. The third kappa shape index (κ3) is 5.20. The number of ether oxygens (including phenoxy) is 1. The van der Waals surface area contributed by atoms with Crippen molar-refractivity contribution in [2.75, 3.05) is 7.11 Å². The Kier molecular flexibility index (Phi) is 7.41. The molecule has 2 aromatic carbocycles. The lowest BCUT2D eigenvalue weighted by Crippen LogP contribution is -2.41. The van der Waals surface area contributed by atoms with Crippen molar-refractivity contribution in [2.45, 2.75) is 46.5 Å². The second-order valence-electron chi connectivity index (χ2n) is 9.76. The van der Waals surface area contributed by atoms with Gasteiger partial charge in [0.15, 0.2) is 5.76 Å². The van der Waals surface area contributed by atoms with Crippen molar-refractivity contribution in [3.05, 3.63) is 87.6 Å². The molecule has 5 rings (SSSR count). The molecule has 1 aliphatic rings. The predicted octanol–water partition coefficient (Wildman–Crippen LogP) is 4.43. The van der Waals surface area contributed by atoms with Crippen LogP contribution in [0.1, 0.15) is 67.3 Å². The fourth-order valence-corrected chi connectivity index (χ4v) is 4.85. The molecule has 10 nitrogen and oxygen atoms in total. The first-order valence-corrected chi connectivity index (χ1v) is 13.0. The molecule has 0 bridgehead atoms. The zero-order valence-corrected chi connectivity index (χ0v) is 22.8. The molecule has 0 fully saturated rings. The summed E-state index contributed by atoms with van der Waals surface area (Å²) in [6, 6.07) is 10.5. The number of amides is 3. The summed E-state index contributed by atoms with van der Waals surface area (Å²) in [6.07, 6.45) is 3.74. The minimum Gasteiger partial charge on any atom is -0.497 e. The molecule has 0 saturated heterocycles. The van der Waals surface area contributed by atoms with Crippen molar-refractivity contribution in [3.8, 4) is 5.75 Å². The standard InChI is InChI=1S/C30H30N4O6/c1-16-8-13-22-20(15-39-27(22)17(16)2)14-25(35)32-31-23-6-5-7-24-26(23)18(3)28(40-24)30(37)34-33-29(36)19-9-11-21(38-4)12-10-19/h8-13,15H,5-7,14H2,1-4H3,(H,32,35)(H,33,36)(H,34,37)/b31-23+. The van der Waals surface area contributed by atoms with Crippen LogP contribution in [0.2, 0.25) is 0 Å². The van der Waals surface area contributed by atoms with Crippen LogP contribution in [0.4, 0.5) is 0 Å². The van der Waals surface area contributed by atoms with Crippen LogP contribution < -0.4 is 21.0 Å². The number of carbonyl (C=O) groups is 3. The molecule has 10 heteroatoms. The molecule has 3 amide bonds. The Labute approximate surface area is 230 Å². The predicted molar refractivity (Wildman–Crippen MR) is 148 cm³/mol. The monoisotopic (exact) mass is 542 g/mol. The van der Waals surface area contributed by atoms with E-state index in [2.05, 4.69) is 21.4 Å². The number of aryl methyl sites for hydroxylation is 3. The van der Waals surface area contributed by atoms with E-state index in [1.807, 2.05) is 26.0 Å². The molecular weight excluding hydrogens is 512 g/mol. The van der Waals surface area contributed by atoms with E-state index >= 15 is 0 Å². The van der Waals surface area contributed by atoms with Gasteiger partial charge in [0.2, 0.25) is 5.91 Å². The van der Waals surface area contributed by atoms with Crippen molar-refractivity contribution < 1.29 is 28.0 Å². The topological polar surface area (TPSA) is 135 Å². The van der Waals surface area contributed by atoms with Crippen molar-refractivity contribution in [1.82, 2.24) is 16.3 Å². The molecule has 2 aromatic heterocycles. The maximum atomic E-state index is 12.9. The number of hydrazine groups is 1. The summed E-state index contributed by atoms with van der Waals surface area (Å²) in [5, 5.41) is 5.30. The molecule has 40 heavy (non-hydrogen) atoms. The Hall–Kier alpha value is -4.86. The highest BCUT2D eigenvalue weighted by atomic mass is 16.5. The van der Waals surface area contributed by atoms with E-state index in [9.17, 15) is 14.4 Å². The van der Waals surface area contributed by atoms with Gasteiger partial charge in [0.05, 0.1) is 25.5 Å². The van der Waals surface area contributed by atoms with Gasteiger partial charge in [0.25, 0.3) is 5.91 Å². The first-order valence-electron chi connectivity index (χ1n) is 13.0. The minimum atomic E-state index is -0.588. The highest BCUT2D eigenvalue weighted by Crippen LogP contribution is 2.30. The summed E-state index contributed by atoms with van der Waals surface area (Å²) in [5.74, 6) is -0.0289. The van der Waals surface area contributed by atoms with Crippen LogP contribution in [0.5, 0.6) is 5.75 Å². The van der Waals surface area contributed by atoms with E-state index in [0.717, 1.165) is 34.1 Å². The number of furan rings is 2. The van der Waals surface area contributed by atoms with Crippen LogP contribution >= 0.6 is 0 Å². The molecule has 206 valence electrons. The van der Waals surface area contributed by atoms with Crippen LogP contribution in [-0.4, -0.2) is 30.5 Å². The molecule has 0 unspecified atom stereocenters. The summed E-state index contributed by atoms with van der Waals surface area (Å²) in [6.45, 7) is 5.77. The van der Waals surface area contributed by atoms with Crippen LogP contribution in [-0.2, 0) is 17.6 Å². The summed E-state index contributed by atoms with van der Waals surface area (Å²) in [4.78, 5) is 38.0. The number of hydrogen-bond donors (Lipinski definition) is 3. The first-order chi connectivity index (χ1) is 19.3. The van der Waals surface area contributed by atoms with Gasteiger partial charge in [-0.2, -0.15) is 5.10 Å². The van der Waals surface area contributed by atoms with Gasteiger partial charge in [-0.1, -0.05) is 12.1 Å². The molecule has 3 N–H and O–H groups in total. The third-order valence-electron chi connectivity index (χ3n) is 7.18. The maximum absolute atomic E-state index is 12.9. The average Bonchev–Trinajstić information content (AvgIpc) is 3.53. The summed E-state index contributed by atoms with van der Waals surface area (Å²) < 4.78 is 16.7. The Morgan fingerprint density at radius 3 is 2.45 bits per heavy atom. The number of carbonyl (C=O) groups excluding carboxylic acids is 3. The van der Waals surface area contributed by atoms with E-state index in [0.29, 0.717) is 46.8 Å². The van der Waals surface area contributed by atoms with Crippen molar-refractivity contribution in [1.29, 1.82) is 0 Å². The highest BCUT2D eigenvalue weighted by molar-refractivity contribution is 6.07. The largest absolute Gasteiger partial charge is 0.497 e. The SMILES string of the molecule is COc1ccc(C(=O)NNC(=O)c2oc3c(c2C)/C(=N/NC(=O)Cc2coc4c(C)c(C)ccc24)CCC3)cc1. The number of rotatable bonds is 6. The quantitative estimate of drug-likeness (QED) is 0.309.